The van der Waals surface area contributed by atoms with Gasteiger partial charge in [-0.2, -0.15) is 0 Å². The first kappa shape index (κ1) is 20.0. The summed E-state index contributed by atoms with van der Waals surface area (Å²) in [5.74, 6) is 0. The first-order valence-corrected chi connectivity index (χ1v) is 11.0. The standard InChI is InChI=1S/C21H28N2O3S/c1-17-3-2-14-23(17)15-12-18-4-6-19(7-5-18)20-8-10-21(11-9-20)27(25,26)22-13-16-24/h4-11,17,22,24H,2-3,12-16H2,1H3/t17-/m1/s1. The molecule has 1 fully saturated rings. The number of hydrogen-bond donors (Lipinski definition) is 2. The number of benzene rings is 2. The van der Waals surface area contributed by atoms with Crippen LogP contribution in [-0.2, 0) is 16.4 Å². The Kier molecular flexibility index (Phi) is 6.65. The third kappa shape index (κ3) is 5.17. The van der Waals surface area contributed by atoms with E-state index in [4.69, 9.17) is 5.11 Å². The average molecular weight is 389 g/mol. The molecule has 1 atom stereocenters. The number of hydrogen-bond acceptors (Lipinski definition) is 4. The minimum absolute atomic E-state index is 0.0156. The lowest BCUT2D eigenvalue weighted by Gasteiger charge is -2.20. The van der Waals surface area contributed by atoms with Crippen LogP contribution in [0.3, 0.4) is 0 Å². The maximum atomic E-state index is 12.1. The molecule has 0 amide bonds. The van der Waals surface area contributed by atoms with Gasteiger partial charge in [0.25, 0.3) is 0 Å². The summed E-state index contributed by atoms with van der Waals surface area (Å²) in [7, 11) is -3.56. The van der Waals surface area contributed by atoms with E-state index in [0.717, 1.165) is 24.1 Å². The number of aliphatic hydroxyl groups is 1. The van der Waals surface area contributed by atoms with Crippen LogP contribution in [0.5, 0.6) is 0 Å². The van der Waals surface area contributed by atoms with Crippen LogP contribution in [0.1, 0.15) is 25.3 Å². The van der Waals surface area contributed by atoms with Gasteiger partial charge in [0.2, 0.25) is 10.0 Å². The van der Waals surface area contributed by atoms with E-state index in [0.29, 0.717) is 6.04 Å². The highest BCUT2D eigenvalue weighted by Crippen LogP contribution is 2.23. The minimum Gasteiger partial charge on any atom is -0.395 e. The predicted octanol–water partition coefficient (Wildman–Crippen LogP) is 2.65. The second-order valence-electron chi connectivity index (χ2n) is 7.12. The Balaban J connectivity index is 1.63. The number of rotatable bonds is 8. The van der Waals surface area contributed by atoms with Gasteiger partial charge in [0, 0.05) is 19.1 Å². The summed E-state index contributed by atoms with van der Waals surface area (Å²) in [4.78, 5) is 2.76. The van der Waals surface area contributed by atoms with Crippen molar-refractivity contribution in [1.29, 1.82) is 0 Å². The Morgan fingerprint density at radius 2 is 1.70 bits per heavy atom. The topological polar surface area (TPSA) is 69.6 Å². The highest BCUT2D eigenvalue weighted by Gasteiger charge is 2.19. The monoisotopic (exact) mass is 388 g/mol. The maximum Gasteiger partial charge on any atom is 0.240 e. The van der Waals surface area contributed by atoms with Gasteiger partial charge in [-0.3, -0.25) is 0 Å². The van der Waals surface area contributed by atoms with E-state index in [2.05, 4.69) is 40.8 Å². The van der Waals surface area contributed by atoms with Crippen molar-refractivity contribution in [1.82, 2.24) is 9.62 Å². The van der Waals surface area contributed by atoms with Crippen molar-refractivity contribution in [3.05, 3.63) is 54.1 Å². The summed E-state index contributed by atoms with van der Waals surface area (Å²) < 4.78 is 26.5. The molecule has 0 aliphatic carbocycles. The fraction of sp³-hybridized carbons (Fsp3) is 0.429. The molecule has 2 aromatic carbocycles. The van der Waals surface area contributed by atoms with E-state index in [1.165, 1.54) is 24.9 Å². The van der Waals surface area contributed by atoms with E-state index in [1.54, 1.807) is 12.1 Å². The molecule has 0 saturated carbocycles. The first-order valence-electron chi connectivity index (χ1n) is 9.53. The van der Waals surface area contributed by atoms with Crippen LogP contribution in [-0.4, -0.2) is 50.7 Å². The summed E-state index contributed by atoms with van der Waals surface area (Å²) in [6.07, 6.45) is 3.67. The Morgan fingerprint density at radius 1 is 1.07 bits per heavy atom. The lowest BCUT2D eigenvalue weighted by atomic mass is 10.0. The van der Waals surface area contributed by atoms with Gasteiger partial charge in [-0.25, -0.2) is 13.1 Å². The molecule has 146 valence electrons. The minimum atomic E-state index is -3.56. The van der Waals surface area contributed by atoms with Gasteiger partial charge in [0.05, 0.1) is 11.5 Å². The summed E-state index contributed by atoms with van der Waals surface area (Å²) in [6.45, 7) is 4.41. The summed E-state index contributed by atoms with van der Waals surface area (Å²) in [5.41, 5.74) is 3.38. The quantitative estimate of drug-likeness (QED) is 0.729. The van der Waals surface area contributed by atoms with Crippen LogP contribution >= 0.6 is 0 Å². The molecule has 2 N–H and O–H groups in total. The van der Waals surface area contributed by atoms with Gasteiger partial charge in [-0.05, 0) is 61.6 Å². The smallest absolute Gasteiger partial charge is 0.240 e. The van der Waals surface area contributed by atoms with Crippen LogP contribution < -0.4 is 4.72 Å². The van der Waals surface area contributed by atoms with Crippen LogP contribution in [0.2, 0.25) is 0 Å². The molecule has 0 unspecified atom stereocenters. The number of nitrogens with one attached hydrogen (secondary N) is 1. The fourth-order valence-electron chi connectivity index (χ4n) is 3.55. The number of nitrogens with zero attached hydrogens (tertiary/aromatic N) is 1. The molecule has 1 aliphatic rings. The molecular formula is C21H28N2O3S. The van der Waals surface area contributed by atoms with Crippen molar-refractivity contribution in [2.24, 2.45) is 0 Å². The van der Waals surface area contributed by atoms with Gasteiger partial charge in [-0.1, -0.05) is 36.4 Å². The number of sulfonamides is 1. The van der Waals surface area contributed by atoms with E-state index >= 15 is 0 Å². The van der Waals surface area contributed by atoms with Gasteiger partial charge >= 0.3 is 0 Å². The molecule has 0 spiro atoms. The normalized spacial score (nSPS) is 18.1. The van der Waals surface area contributed by atoms with E-state index in [1.807, 2.05) is 12.1 Å². The van der Waals surface area contributed by atoms with Crippen molar-refractivity contribution in [2.75, 3.05) is 26.2 Å². The van der Waals surface area contributed by atoms with Crippen LogP contribution in [0.4, 0.5) is 0 Å². The van der Waals surface area contributed by atoms with Gasteiger partial charge < -0.3 is 10.0 Å². The molecule has 1 saturated heterocycles. The van der Waals surface area contributed by atoms with Crippen molar-refractivity contribution in [2.45, 2.75) is 37.1 Å². The molecule has 6 heteroatoms. The van der Waals surface area contributed by atoms with Crippen molar-refractivity contribution < 1.29 is 13.5 Å². The zero-order valence-corrected chi connectivity index (χ0v) is 16.6. The van der Waals surface area contributed by atoms with Crippen molar-refractivity contribution in [3.8, 4) is 11.1 Å². The Morgan fingerprint density at radius 3 is 2.26 bits per heavy atom. The molecule has 0 aromatic heterocycles. The molecule has 3 rings (SSSR count). The largest absolute Gasteiger partial charge is 0.395 e. The number of aliphatic hydroxyl groups excluding tert-OH is 1. The highest BCUT2D eigenvalue weighted by molar-refractivity contribution is 7.89. The zero-order valence-electron chi connectivity index (χ0n) is 15.8. The molecular weight excluding hydrogens is 360 g/mol. The van der Waals surface area contributed by atoms with Crippen LogP contribution in [0.25, 0.3) is 11.1 Å². The predicted molar refractivity (Wildman–Crippen MR) is 108 cm³/mol. The Hall–Kier alpha value is -1.73. The van der Waals surface area contributed by atoms with Crippen LogP contribution in [0, 0.1) is 0 Å². The Labute approximate surface area is 162 Å². The lowest BCUT2D eigenvalue weighted by molar-refractivity contribution is 0.272. The average Bonchev–Trinajstić information content (AvgIpc) is 3.10. The molecule has 0 bridgehead atoms. The second kappa shape index (κ2) is 8.97. The van der Waals surface area contributed by atoms with E-state index in [-0.39, 0.29) is 18.0 Å². The molecule has 0 radical (unpaired) electrons. The molecule has 27 heavy (non-hydrogen) atoms. The lowest BCUT2D eigenvalue weighted by Crippen LogP contribution is -2.28. The summed E-state index contributed by atoms with van der Waals surface area (Å²) in [5, 5.41) is 8.77. The second-order valence-corrected chi connectivity index (χ2v) is 8.89. The van der Waals surface area contributed by atoms with Gasteiger partial charge in [-0.15, -0.1) is 0 Å². The van der Waals surface area contributed by atoms with E-state index < -0.39 is 10.0 Å². The molecule has 2 aromatic rings. The van der Waals surface area contributed by atoms with Crippen molar-refractivity contribution >= 4 is 10.0 Å². The molecule has 1 heterocycles. The Bertz CT molecular complexity index is 833. The van der Waals surface area contributed by atoms with E-state index in [9.17, 15) is 8.42 Å². The zero-order chi connectivity index (χ0) is 19.3. The summed E-state index contributed by atoms with van der Waals surface area (Å²) in [6, 6.07) is 16.0. The van der Waals surface area contributed by atoms with Gasteiger partial charge in [0.1, 0.15) is 0 Å². The number of likely N-dealkylation sites (tertiary alicyclic amines) is 1. The fourth-order valence-corrected chi connectivity index (χ4v) is 4.57. The van der Waals surface area contributed by atoms with Crippen LogP contribution in [0.15, 0.2) is 53.4 Å². The maximum absolute atomic E-state index is 12.1. The highest BCUT2D eigenvalue weighted by atomic mass is 32.2. The van der Waals surface area contributed by atoms with Crippen molar-refractivity contribution in [3.63, 3.8) is 0 Å². The third-order valence-corrected chi connectivity index (χ3v) is 6.71. The SMILES string of the molecule is C[C@@H]1CCCN1CCc1ccc(-c2ccc(S(=O)(=O)NCCO)cc2)cc1. The molecule has 5 nitrogen and oxygen atoms in total. The first-order chi connectivity index (χ1) is 13.0. The van der Waals surface area contributed by atoms with Gasteiger partial charge in [0.15, 0.2) is 0 Å². The molecule has 1 aliphatic heterocycles. The third-order valence-electron chi connectivity index (χ3n) is 5.23. The summed E-state index contributed by atoms with van der Waals surface area (Å²) >= 11 is 0.